The van der Waals surface area contributed by atoms with Crippen molar-refractivity contribution in [2.75, 3.05) is 6.54 Å². The number of amides is 1. The second-order valence-electron chi connectivity index (χ2n) is 5.41. The summed E-state index contributed by atoms with van der Waals surface area (Å²) in [6.45, 7) is 8.62. The second kappa shape index (κ2) is 5.39. The van der Waals surface area contributed by atoms with Gasteiger partial charge in [0, 0.05) is 17.4 Å². The smallest absolute Gasteiger partial charge is 0.410 e. The molecule has 1 saturated heterocycles. The third-order valence-corrected chi connectivity index (χ3v) is 3.32. The van der Waals surface area contributed by atoms with Gasteiger partial charge in [0.2, 0.25) is 0 Å². The van der Waals surface area contributed by atoms with E-state index in [-0.39, 0.29) is 12.1 Å². The molecule has 0 bridgehead atoms. The van der Waals surface area contributed by atoms with E-state index in [1.807, 2.05) is 25.7 Å². The Kier molecular flexibility index (Phi) is 4.65. The molecule has 0 aromatic carbocycles. The van der Waals surface area contributed by atoms with E-state index in [1.54, 1.807) is 0 Å². The second-order valence-corrected chi connectivity index (χ2v) is 6.86. The van der Waals surface area contributed by atoms with Gasteiger partial charge in [-0.15, -0.1) is 0 Å². The average molecular weight is 292 g/mol. The molecule has 3 nitrogen and oxygen atoms in total. The van der Waals surface area contributed by atoms with Gasteiger partial charge in [-0.05, 0) is 40.0 Å². The zero-order valence-corrected chi connectivity index (χ0v) is 12.2. The predicted octanol–water partition coefficient (Wildman–Crippen LogP) is 3.56. The van der Waals surface area contributed by atoms with E-state index in [9.17, 15) is 4.79 Å². The van der Waals surface area contributed by atoms with Crippen LogP contribution in [0.2, 0.25) is 0 Å². The molecule has 1 aliphatic heterocycles. The molecule has 2 atom stereocenters. The molecule has 1 fully saturated rings. The first kappa shape index (κ1) is 13.8. The number of nitrogens with zero attached hydrogens (tertiary/aromatic N) is 1. The minimum atomic E-state index is -0.408. The molecule has 0 spiro atoms. The summed E-state index contributed by atoms with van der Waals surface area (Å²) < 4.78 is 5.42. The molecular weight excluding hydrogens is 270 g/mol. The van der Waals surface area contributed by atoms with Gasteiger partial charge in [0.1, 0.15) is 5.60 Å². The Hall–Kier alpha value is -0.250. The summed E-state index contributed by atoms with van der Waals surface area (Å²) >= 11 is 3.57. The molecule has 1 amide bonds. The van der Waals surface area contributed by atoms with E-state index in [0.29, 0.717) is 4.83 Å². The van der Waals surface area contributed by atoms with Crippen molar-refractivity contribution in [3.05, 3.63) is 0 Å². The lowest BCUT2D eigenvalue weighted by Gasteiger charge is -2.38. The highest BCUT2D eigenvalue weighted by molar-refractivity contribution is 9.09. The van der Waals surface area contributed by atoms with Crippen molar-refractivity contribution in [2.45, 2.75) is 63.4 Å². The summed E-state index contributed by atoms with van der Waals surface area (Å²) in [6, 6.07) is 0.267. The van der Waals surface area contributed by atoms with Crippen LogP contribution in [0.4, 0.5) is 4.79 Å². The quantitative estimate of drug-likeness (QED) is 0.692. The fourth-order valence-electron chi connectivity index (χ4n) is 1.98. The third-order valence-electron chi connectivity index (χ3n) is 2.71. The molecule has 4 heteroatoms. The molecule has 1 rings (SSSR count). The Morgan fingerprint density at radius 3 is 2.56 bits per heavy atom. The number of hydrogen-bond acceptors (Lipinski definition) is 2. The Labute approximate surface area is 107 Å². The first-order valence-electron chi connectivity index (χ1n) is 5.95. The number of alkyl halides is 1. The highest BCUT2D eigenvalue weighted by Gasteiger charge is 2.32. The van der Waals surface area contributed by atoms with E-state index < -0.39 is 5.60 Å². The lowest BCUT2D eigenvalue weighted by molar-refractivity contribution is 0.0103. The molecule has 0 aromatic heterocycles. The minimum absolute atomic E-state index is 0.177. The summed E-state index contributed by atoms with van der Waals surface area (Å²) in [5.41, 5.74) is -0.408. The number of hydrogen-bond donors (Lipinski definition) is 0. The van der Waals surface area contributed by atoms with E-state index in [1.165, 1.54) is 6.42 Å². The molecular formula is C12H22BrNO2. The zero-order chi connectivity index (χ0) is 12.3. The first-order valence-corrected chi connectivity index (χ1v) is 6.86. The monoisotopic (exact) mass is 291 g/mol. The number of carbonyl (C=O) groups excluding carboxylic acids is 1. The molecule has 0 aromatic rings. The predicted molar refractivity (Wildman–Crippen MR) is 69.0 cm³/mol. The molecule has 1 aliphatic rings. The molecule has 94 valence electrons. The van der Waals surface area contributed by atoms with Gasteiger partial charge in [-0.3, -0.25) is 0 Å². The van der Waals surface area contributed by atoms with Crippen molar-refractivity contribution in [2.24, 2.45) is 0 Å². The van der Waals surface area contributed by atoms with Crippen LogP contribution in [0.15, 0.2) is 0 Å². The van der Waals surface area contributed by atoms with Crippen molar-refractivity contribution in [3.8, 4) is 0 Å². The van der Waals surface area contributed by atoms with Crippen LogP contribution in [0.1, 0.15) is 47.0 Å². The van der Waals surface area contributed by atoms with Crippen molar-refractivity contribution >= 4 is 22.0 Å². The highest BCUT2D eigenvalue weighted by Crippen LogP contribution is 2.25. The molecule has 0 aliphatic carbocycles. The van der Waals surface area contributed by atoms with Crippen molar-refractivity contribution < 1.29 is 9.53 Å². The van der Waals surface area contributed by atoms with Gasteiger partial charge in [-0.25, -0.2) is 4.79 Å². The minimum Gasteiger partial charge on any atom is -0.444 e. The van der Waals surface area contributed by atoms with E-state index in [0.717, 1.165) is 19.4 Å². The van der Waals surface area contributed by atoms with Crippen molar-refractivity contribution in [1.29, 1.82) is 0 Å². The van der Waals surface area contributed by atoms with E-state index in [2.05, 4.69) is 22.9 Å². The van der Waals surface area contributed by atoms with Crippen LogP contribution in [-0.2, 0) is 4.74 Å². The van der Waals surface area contributed by atoms with Crippen LogP contribution in [0.25, 0.3) is 0 Å². The SMILES string of the molecule is C[C@@H](Br)[C@H]1CCCCN1C(=O)OC(C)(C)C. The lowest BCUT2D eigenvalue weighted by atomic mass is 10.0. The standard InChI is InChI=1S/C12H22BrNO2/c1-9(13)10-7-5-6-8-14(10)11(15)16-12(2,3)4/h9-10H,5-8H2,1-4H3/t9-,10-/m1/s1. The van der Waals surface area contributed by atoms with Gasteiger partial charge in [0.05, 0.1) is 0 Å². The maximum atomic E-state index is 12.0. The molecule has 0 saturated carbocycles. The van der Waals surface area contributed by atoms with Crippen LogP contribution in [0.5, 0.6) is 0 Å². The number of carbonyl (C=O) groups is 1. The van der Waals surface area contributed by atoms with E-state index >= 15 is 0 Å². The summed E-state index contributed by atoms with van der Waals surface area (Å²) in [4.78, 5) is 14.2. The topological polar surface area (TPSA) is 29.5 Å². The average Bonchev–Trinajstić information content (AvgIpc) is 2.15. The van der Waals surface area contributed by atoms with Crippen molar-refractivity contribution in [1.82, 2.24) is 4.90 Å². The van der Waals surface area contributed by atoms with Crippen LogP contribution >= 0.6 is 15.9 Å². The molecule has 0 N–H and O–H groups in total. The fraction of sp³-hybridized carbons (Fsp3) is 0.917. The van der Waals surface area contributed by atoms with Crippen molar-refractivity contribution in [3.63, 3.8) is 0 Å². The number of likely N-dealkylation sites (tertiary alicyclic amines) is 1. The van der Waals surface area contributed by atoms with Crippen LogP contribution in [0, 0.1) is 0 Å². The number of rotatable bonds is 1. The number of piperidine rings is 1. The van der Waals surface area contributed by atoms with Gasteiger partial charge < -0.3 is 9.64 Å². The summed E-state index contributed by atoms with van der Waals surface area (Å²) in [6.07, 6.45) is 3.16. The Morgan fingerprint density at radius 1 is 1.44 bits per heavy atom. The Morgan fingerprint density at radius 2 is 2.06 bits per heavy atom. The Balaban J connectivity index is 2.64. The van der Waals surface area contributed by atoms with Crippen LogP contribution < -0.4 is 0 Å². The third kappa shape index (κ3) is 3.96. The van der Waals surface area contributed by atoms with Gasteiger partial charge in [0.15, 0.2) is 0 Å². The Bertz CT molecular complexity index is 248. The van der Waals surface area contributed by atoms with Gasteiger partial charge in [0.25, 0.3) is 0 Å². The summed E-state index contributed by atoms with van der Waals surface area (Å²) in [5, 5.41) is 0. The molecule has 0 unspecified atom stereocenters. The van der Waals surface area contributed by atoms with Gasteiger partial charge in [-0.2, -0.15) is 0 Å². The summed E-state index contributed by atoms with van der Waals surface area (Å²) in [7, 11) is 0. The zero-order valence-electron chi connectivity index (χ0n) is 10.6. The maximum Gasteiger partial charge on any atom is 0.410 e. The maximum absolute atomic E-state index is 12.0. The lowest BCUT2D eigenvalue weighted by Crippen LogP contribution is -2.49. The van der Waals surface area contributed by atoms with Crippen LogP contribution in [-0.4, -0.2) is 34.0 Å². The molecule has 16 heavy (non-hydrogen) atoms. The summed E-state index contributed by atoms with van der Waals surface area (Å²) in [5.74, 6) is 0. The molecule has 1 heterocycles. The number of halogens is 1. The normalized spacial score (nSPS) is 24.1. The van der Waals surface area contributed by atoms with E-state index in [4.69, 9.17) is 4.74 Å². The van der Waals surface area contributed by atoms with Crippen LogP contribution in [0.3, 0.4) is 0 Å². The largest absolute Gasteiger partial charge is 0.444 e. The highest BCUT2D eigenvalue weighted by atomic mass is 79.9. The number of ether oxygens (including phenoxy) is 1. The van der Waals surface area contributed by atoms with Gasteiger partial charge in [-0.1, -0.05) is 22.9 Å². The molecule has 0 radical (unpaired) electrons. The van der Waals surface area contributed by atoms with Gasteiger partial charge >= 0.3 is 6.09 Å². The first-order chi connectivity index (χ1) is 7.31. The fourth-order valence-corrected chi connectivity index (χ4v) is 2.53.